The van der Waals surface area contributed by atoms with Crippen molar-refractivity contribution in [1.29, 1.82) is 0 Å². The van der Waals surface area contributed by atoms with Gasteiger partial charge in [-0.25, -0.2) is 4.79 Å². The van der Waals surface area contributed by atoms with Crippen LogP contribution in [0.5, 0.6) is 17.2 Å². The van der Waals surface area contributed by atoms with E-state index in [0.29, 0.717) is 23.5 Å². The average molecular weight is 350 g/mol. The molecule has 0 spiro atoms. The Kier molecular flexibility index (Phi) is 2.97. The molecule has 0 saturated heterocycles. The maximum Gasteiger partial charge on any atom is 0.347 e. The third-order valence-electron chi connectivity index (χ3n) is 5.48. The maximum atomic E-state index is 12.8. The first-order chi connectivity index (χ1) is 12.5. The van der Waals surface area contributed by atoms with Gasteiger partial charge in [-0.2, -0.15) is 0 Å². The minimum Gasteiger partial charge on any atom is -0.497 e. The van der Waals surface area contributed by atoms with Gasteiger partial charge in [0.2, 0.25) is 0 Å². The SMILES string of the molecule is COc1ccc2c(c1)[C@H]1COc3c(c(=O)oc4ccc(C)cc34)[C@@]1(C)O2. The first kappa shape index (κ1) is 15.3. The van der Waals surface area contributed by atoms with E-state index in [1.165, 1.54) is 0 Å². The summed E-state index contributed by atoms with van der Waals surface area (Å²) in [7, 11) is 1.63. The Labute approximate surface area is 150 Å². The van der Waals surface area contributed by atoms with E-state index in [0.717, 1.165) is 28.0 Å². The molecule has 2 atom stereocenters. The van der Waals surface area contributed by atoms with E-state index >= 15 is 0 Å². The van der Waals surface area contributed by atoms with Crippen molar-refractivity contribution in [3.8, 4) is 17.2 Å². The standard InChI is InChI=1S/C21H18O5/c1-11-4-6-16-14(8-11)19-18(20(22)25-16)21(2)15(10-24-19)13-9-12(23-3)5-7-17(13)26-21/h4-9,15H,10H2,1-3H3/t15-,21+/m1/s1. The second kappa shape index (κ2) is 5.04. The molecule has 132 valence electrons. The highest BCUT2D eigenvalue weighted by Crippen LogP contribution is 2.55. The predicted molar refractivity (Wildman–Crippen MR) is 96.4 cm³/mol. The molecular formula is C21H18O5. The highest BCUT2D eigenvalue weighted by atomic mass is 16.5. The number of benzene rings is 2. The highest BCUT2D eigenvalue weighted by Gasteiger charge is 2.53. The summed E-state index contributed by atoms with van der Waals surface area (Å²) in [4.78, 5) is 12.8. The normalized spacial score (nSPS) is 22.8. The summed E-state index contributed by atoms with van der Waals surface area (Å²) >= 11 is 0. The summed E-state index contributed by atoms with van der Waals surface area (Å²) in [6, 6.07) is 11.4. The number of ether oxygens (including phenoxy) is 3. The van der Waals surface area contributed by atoms with Crippen LogP contribution in [0.15, 0.2) is 45.6 Å². The van der Waals surface area contributed by atoms with E-state index in [1.54, 1.807) is 13.2 Å². The molecule has 0 amide bonds. The van der Waals surface area contributed by atoms with Gasteiger partial charge in [-0.05, 0) is 44.2 Å². The van der Waals surface area contributed by atoms with Gasteiger partial charge in [-0.1, -0.05) is 11.6 Å². The summed E-state index contributed by atoms with van der Waals surface area (Å²) in [5.41, 5.74) is 1.79. The molecule has 3 heterocycles. The predicted octanol–water partition coefficient (Wildman–Crippen LogP) is 3.89. The van der Waals surface area contributed by atoms with Crippen molar-refractivity contribution in [1.82, 2.24) is 0 Å². The zero-order valence-corrected chi connectivity index (χ0v) is 14.8. The third-order valence-corrected chi connectivity index (χ3v) is 5.48. The molecule has 2 aliphatic rings. The van der Waals surface area contributed by atoms with E-state index in [9.17, 15) is 4.79 Å². The Bertz CT molecular complexity index is 1110. The monoisotopic (exact) mass is 350 g/mol. The summed E-state index contributed by atoms with van der Waals surface area (Å²) in [6.07, 6.45) is 0. The van der Waals surface area contributed by atoms with Gasteiger partial charge in [0.1, 0.15) is 28.4 Å². The number of rotatable bonds is 1. The van der Waals surface area contributed by atoms with Crippen LogP contribution in [0.3, 0.4) is 0 Å². The van der Waals surface area contributed by atoms with Crippen LogP contribution in [0.2, 0.25) is 0 Å². The fraction of sp³-hybridized carbons (Fsp3) is 0.286. The van der Waals surface area contributed by atoms with Crippen molar-refractivity contribution in [3.63, 3.8) is 0 Å². The fourth-order valence-electron chi connectivity index (χ4n) is 4.12. The van der Waals surface area contributed by atoms with Crippen LogP contribution in [0.4, 0.5) is 0 Å². The number of fused-ring (bicyclic) bond motifs is 7. The van der Waals surface area contributed by atoms with Gasteiger partial charge in [0, 0.05) is 5.56 Å². The highest BCUT2D eigenvalue weighted by molar-refractivity contribution is 5.86. The fourth-order valence-corrected chi connectivity index (χ4v) is 4.12. The molecule has 2 aliphatic heterocycles. The van der Waals surface area contributed by atoms with Crippen LogP contribution in [-0.4, -0.2) is 13.7 Å². The molecule has 5 rings (SSSR count). The van der Waals surface area contributed by atoms with E-state index in [2.05, 4.69) is 0 Å². The smallest absolute Gasteiger partial charge is 0.347 e. The molecule has 0 unspecified atom stereocenters. The lowest BCUT2D eigenvalue weighted by atomic mass is 9.79. The van der Waals surface area contributed by atoms with Crippen LogP contribution in [0, 0.1) is 6.92 Å². The van der Waals surface area contributed by atoms with Crippen LogP contribution >= 0.6 is 0 Å². The zero-order chi connectivity index (χ0) is 18.1. The second-order valence-corrected chi connectivity index (χ2v) is 7.07. The molecule has 0 saturated carbocycles. The molecular weight excluding hydrogens is 332 g/mol. The Morgan fingerprint density at radius 1 is 1.19 bits per heavy atom. The molecule has 0 N–H and O–H groups in total. The number of aryl methyl sites for hydroxylation is 1. The van der Waals surface area contributed by atoms with Gasteiger partial charge in [0.25, 0.3) is 0 Å². The zero-order valence-electron chi connectivity index (χ0n) is 14.8. The van der Waals surface area contributed by atoms with Gasteiger partial charge in [-0.15, -0.1) is 0 Å². The number of hydrogen-bond donors (Lipinski definition) is 0. The first-order valence-electron chi connectivity index (χ1n) is 8.59. The topological polar surface area (TPSA) is 57.9 Å². The van der Waals surface area contributed by atoms with E-state index < -0.39 is 11.2 Å². The van der Waals surface area contributed by atoms with Crippen molar-refractivity contribution < 1.29 is 18.6 Å². The Balaban J connectivity index is 1.77. The molecule has 5 nitrogen and oxygen atoms in total. The molecule has 0 radical (unpaired) electrons. The Morgan fingerprint density at radius 2 is 2.04 bits per heavy atom. The van der Waals surface area contributed by atoms with Gasteiger partial charge in [0.15, 0.2) is 5.60 Å². The van der Waals surface area contributed by atoms with Crippen LogP contribution in [0.25, 0.3) is 11.0 Å². The first-order valence-corrected chi connectivity index (χ1v) is 8.59. The van der Waals surface area contributed by atoms with Gasteiger partial charge in [-0.3, -0.25) is 0 Å². The van der Waals surface area contributed by atoms with Crippen molar-refractivity contribution in [2.45, 2.75) is 25.4 Å². The summed E-state index contributed by atoms with van der Waals surface area (Å²) in [6.45, 7) is 4.36. The van der Waals surface area contributed by atoms with Crippen LogP contribution < -0.4 is 19.8 Å². The summed E-state index contributed by atoms with van der Waals surface area (Å²) in [5, 5.41) is 0.802. The minimum atomic E-state index is -0.833. The molecule has 0 fully saturated rings. The Morgan fingerprint density at radius 3 is 2.85 bits per heavy atom. The molecule has 1 aromatic heterocycles. The largest absolute Gasteiger partial charge is 0.497 e. The lowest BCUT2D eigenvalue weighted by Crippen LogP contribution is -2.42. The van der Waals surface area contributed by atoms with Crippen LogP contribution in [0.1, 0.15) is 29.5 Å². The van der Waals surface area contributed by atoms with E-state index in [4.69, 9.17) is 18.6 Å². The lowest BCUT2D eigenvalue weighted by molar-refractivity contribution is 0.0404. The Hall–Kier alpha value is -2.95. The van der Waals surface area contributed by atoms with Crippen molar-refractivity contribution >= 4 is 11.0 Å². The molecule has 5 heteroatoms. The molecule has 3 aromatic rings. The maximum absolute atomic E-state index is 12.8. The molecule has 2 aromatic carbocycles. The summed E-state index contributed by atoms with van der Waals surface area (Å²) in [5.74, 6) is 1.96. The third kappa shape index (κ3) is 1.88. The second-order valence-electron chi connectivity index (χ2n) is 7.07. The van der Waals surface area contributed by atoms with Gasteiger partial charge in [0.05, 0.1) is 25.0 Å². The van der Waals surface area contributed by atoms with Crippen molar-refractivity contribution in [3.05, 3.63) is 63.5 Å². The van der Waals surface area contributed by atoms with E-state index in [-0.39, 0.29) is 5.92 Å². The molecule has 0 bridgehead atoms. The minimum absolute atomic E-state index is 0.106. The quantitative estimate of drug-likeness (QED) is 0.623. The van der Waals surface area contributed by atoms with Crippen molar-refractivity contribution in [2.75, 3.05) is 13.7 Å². The summed E-state index contributed by atoms with van der Waals surface area (Å²) < 4.78 is 23.3. The van der Waals surface area contributed by atoms with Crippen molar-refractivity contribution in [2.24, 2.45) is 0 Å². The number of hydrogen-bond acceptors (Lipinski definition) is 5. The molecule has 26 heavy (non-hydrogen) atoms. The van der Waals surface area contributed by atoms with Gasteiger partial charge >= 0.3 is 5.63 Å². The molecule has 0 aliphatic carbocycles. The van der Waals surface area contributed by atoms with Gasteiger partial charge < -0.3 is 18.6 Å². The van der Waals surface area contributed by atoms with Crippen LogP contribution in [-0.2, 0) is 5.60 Å². The van der Waals surface area contributed by atoms with E-state index in [1.807, 2.05) is 44.2 Å². The average Bonchev–Trinajstić information content (AvgIpc) is 2.93. The number of methoxy groups -OCH3 is 1. The lowest BCUT2D eigenvalue weighted by Gasteiger charge is -2.36.